The molecule has 5 heteroatoms. The third kappa shape index (κ3) is 2.42. The van der Waals surface area contributed by atoms with Gasteiger partial charge in [0.05, 0.1) is 4.92 Å². The molecular weight excluding hydrogens is 266 g/mol. The third-order valence-electron chi connectivity index (χ3n) is 3.87. The summed E-state index contributed by atoms with van der Waals surface area (Å²) in [4.78, 5) is 12.6. The van der Waals surface area contributed by atoms with E-state index in [1.165, 1.54) is 22.9 Å². The summed E-state index contributed by atoms with van der Waals surface area (Å²) >= 11 is 0. The Hall–Kier alpha value is -2.56. The molecule has 1 heterocycles. The van der Waals surface area contributed by atoms with Crippen molar-refractivity contribution in [2.75, 3.05) is 17.2 Å². The molecule has 21 heavy (non-hydrogen) atoms. The van der Waals surface area contributed by atoms with Crippen LogP contribution in [0, 0.1) is 17.0 Å². The average Bonchev–Trinajstić information content (AvgIpc) is 2.45. The van der Waals surface area contributed by atoms with Crippen LogP contribution in [-0.2, 0) is 6.42 Å². The SMILES string of the molecule is Cc1ccc2c(c1)CCCN2c1ccc([N+](=O)[O-])c(N)c1. The summed E-state index contributed by atoms with van der Waals surface area (Å²) < 4.78 is 0. The summed E-state index contributed by atoms with van der Waals surface area (Å²) in [6.07, 6.45) is 2.13. The molecule has 0 amide bonds. The van der Waals surface area contributed by atoms with Crippen molar-refractivity contribution in [1.82, 2.24) is 0 Å². The summed E-state index contributed by atoms with van der Waals surface area (Å²) in [5, 5.41) is 10.9. The first-order chi connectivity index (χ1) is 10.1. The van der Waals surface area contributed by atoms with Crippen LogP contribution < -0.4 is 10.6 Å². The van der Waals surface area contributed by atoms with Gasteiger partial charge in [-0.3, -0.25) is 10.1 Å². The van der Waals surface area contributed by atoms with Crippen LogP contribution in [0.4, 0.5) is 22.7 Å². The zero-order valence-corrected chi connectivity index (χ0v) is 11.9. The molecule has 0 saturated heterocycles. The van der Waals surface area contributed by atoms with Gasteiger partial charge in [0.1, 0.15) is 5.69 Å². The predicted molar refractivity (Wildman–Crippen MR) is 84.0 cm³/mol. The van der Waals surface area contributed by atoms with Crippen molar-refractivity contribution < 1.29 is 4.92 Å². The normalized spacial score (nSPS) is 13.9. The van der Waals surface area contributed by atoms with Crippen LogP contribution in [0.2, 0.25) is 0 Å². The molecule has 2 N–H and O–H groups in total. The second-order valence-corrected chi connectivity index (χ2v) is 5.39. The van der Waals surface area contributed by atoms with E-state index in [4.69, 9.17) is 5.73 Å². The molecule has 0 saturated carbocycles. The van der Waals surface area contributed by atoms with Crippen molar-refractivity contribution >= 4 is 22.7 Å². The minimum atomic E-state index is -0.452. The highest BCUT2D eigenvalue weighted by Crippen LogP contribution is 2.36. The molecule has 0 bridgehead atoms. The molecule has 1 aliphatic heterocycles. The first-order valence-corrected chi connectivity index (χ1v) is 6.97. The number of nitro groups is 1. The summed E-state index contributed by atoms with van der Waals surface area (Å²) in [6, 6.07) is 11.3. The van der Waals surface area contributed by atoms with E-state index in [0.29, 0.717) is 0 Å². The molecule has 2 aromatic carbocycles. The maximum atomic E-state index is 10.9. The number of nitro benzene ring substituents is 1. The van der Waals surface area contributed by atoms with Crippen molar-refractivity contribution in [3.8, 4) is 0 Å². The molecule has 0 unspecified atom stereocenters. The summed E-state index contributed by atoms with van der Waals surface area (Å²) in [5.41, 5.74) is 10.6. The van der Waals surface area contributed by atoms with Crippen molar-refractivity contribution in [2.24, 2.45) is 0 Å². The number of anilines is 3. The van der Waals surface area contributed by atoms with E-state index in [1.54, 1.807) is 12.1 Å². The van der Waals surface area contributed by atoms with Gasteiger partial charge in [-0.05, 0) is 43.5 Å². The fraction of sp³-hybridized carbons (Fsp3) is 0.250. The number of rotatable bonds is 2. The predicted octanol–water partition coefficient (Wildman–Crippen LogP) is 3.57. The van der Waals surface area contributed by atoms with Crippen LogP contribution in [-0.4, -0.2) is 11.5 Å². The minimum Gasteiger partial charge on any atom is -0.393 e. The molecule has 2 aromatic rings. The Kier molecular flexibility index (Phi) is 3.25. The van der Waals surface area contributed by atoms with Crippen molar-refractivity contribution in [3.63, 3.8) is 0 Å². The van der Waals surface area contributed by atoms with Crippen LogP contribution in [0.25, 0.3) is 0 Å². The highest BCUT2D eigenvalue weighted by Gasteiger charge is 2.20. The largest absolute Gasteiger partial charge is 0.393 e. The van der Waals surface area contributed by atoms with Crippen LogP contribution >= 0.6 is 0 Å². The van der Waals surface area contributed by atoms with Crippen molar-refractivity contribution in [3.05, 3.63) is 57.6 Å². The van der Waals surface area contributed by atoms with E-state index in [1.807, 2.05) is 0 Å². The van der Waals surface area contributed by atoms with Gasteiger partial charge in [0.25, 0.3) is 5.69 Å². The zero-order chi connectivity index (χ0) is 15.0. The number of hydrogen-bond acceptors (Lipinski definition) is 4. The average molecular weight is 283 g/mol. The Morgan fingerprint density at radius 3 is 2.76 bits per heavy atom. The summed E-state index contributed by atoms with van der Waals surface area (Å²) in [6.45, 7) is 2.98. The molecule has 0 fully saturated rings. The Morgan fingerprint density at radius 2 is 2.05 bits per heavy atom. The van der Waals surface area contributed by atoms with Crippen LogP contribution in [0.1, 0.15) is 17.5 Å². The number of nitrogens with two attached hydrogens (primary N) is 1. The van der Waals surface area contributed by atoms with Gasteiger partial charge in [-0.25, -0.2) is 0 Å². The maximum Gasteiger partial charge on any atom is 0.292 e. The molecule has 0 spiro atoms. The molecule has 1 aliphatic rings. The lowest BCUT2D eigenvalue weighted by atomic mass is 9.99. The minimum absolute atomic E-state index is 0.0418. The molecule has 3 rings (SSSR count). The van der Waals surface area contributed by atoms with Gasteiger partial charge in [-0.1, -0.05) is 17.7 Å². The Labute approximate surface area is 123 Å². The second-order valence-electron chi connectivity index (χ2n) is 5.39. The number of nitrogens with zero attached hydrogens (tertiary/aromatic N) is 2. The third-order valence-corrected chi connectivity index (χ3v) is 3.87. The smallest absolute Gasteiger partial charge is 0.292 e. The van der Waals surface area contributed by atoms with Gasteiger partial charge < -0.3 is 10.6 Å². The fourth-order valence-electron chi connectivity index (χ4n) is 2.87. The highest BCUT2D eigenvalue weighted by molar-refractivity contribution is 5.74. The Morgan fingerprint density at radius 1 is 1.24 bits per heavy atom. The summed E-state index contributed by atoms with van der Waals surface area (Å²) in [5.74, 6) is 0. The second kappa shape index (κ2) is 5.09. The molecule has 0 aromatic heterocycles. The first-order valence-electron chi connectivity index (χ1n) is 6.97. The van der Waals surface area contributed by atoms with Crippen LogP contribution in [0.15, 0.2) is 36.4 Å². The molecule has 0 atom stereocenters. The first kappa shape index (κ1) is 13.4. The lowest BCUT2D eigenvalue weighted by Crippen LogP contribution is -2.24. The van der Waals surface area contributed by atoms with E-state index in [-0.39, 0.29) is 11.4 Å². The quantitative estimate of drug-likeness (QED) is 0.519. The monoisotopic (exact) mass is 283 g/mol. The Bertz CT molecular complexity index is 713. The number of benzene rings is 2. The van der Waals surface area contributed by atoms with E-state index >= 15 is 0 Å². The van der Waals surface area contributed by atoms with Gasteiger partial charge in [-0.2, -0.15) is 0 Å². The zero-order valence-electron chi connectivity index (χ0n) is 11.9. The van der Waals surface area contributed by atoms with E-state index in [0.717, 1.165) is 25.1 Å². The van der Waals surface area contributed by atoms with E-state index in [2.05, 4.69) is 30.0 Å². The van der Waals surface area contributed by atoms with Crippen LogP contribution in [0.5, 0.6) is 0 Å². The lowest BCUT2D eigenvalue weighted by molar-refractivity contribution is -0.383. The number of hydrogen-bond donors (Lipinski definition) is 1. The van der Waals surface area contributed by atoms with Crippen LogP contribution in [0.3, 0.4) is 0 Å². The molecule has 108 valence electrons. The van der Waals surface area contributed by atoms with Gasteiger partial charge >= 0.3 is 0 Å². The number of aryl methyl sites for hydroxylation is 2. The van der Waals surface area contributed by atoms with Gasteiger partial charge in [0, 0.05) is 24.0 Å². The molecule has 0 radical (unpaired) electrons. The highest BCUT2D eigenvalue weighted by atomic mass is 16.6. The number of nitrogen functional groups attached to an aromatic ring is 1. The van der Waals surface area contributed by atoms with Crippen molar-refractivity contribution in [1.29, 1.82) is 0 Å². The lowest BCUT2D eigenvalue weighted by Gasteiger charge is -2.31. The molecular formula is C16H17N3O2. The number of fused-ring (bicyclic) bond motifs is 1. The van der Waals surface area contributed by atoms with Gasteiger partial charge in [-0.15, -0.1) is 0 Å². The molecule has 5 nitrogen and oxygen atoms in total. The van der Waals surface area contributed by atoms with E-state index < -0.39 is 4.92 Å². The topological polar surface area (TPSA) is 72.4 Å². The standard InChI is InChI=1S/C16H17N3O2/c1-11-4-6-15-12(9-11)3-2-8-18(15)13-5-7-16(19(20)21)14(17)10-13/h4-7,9-10H,2-3,8,17H2,1H3. The van der Waals surface area contributed by atoms with Gasteiger partial charge in [0.2, 0.25) is 0 Å². The maximum absolute atomic E-state index is 10.9. The van der Waals surface area contributed by atoms with E-state index in [9.17, 15) is 10.1 Å². The fourth-order valence-corrected chi connectivity index (χ4v) is 2.87. The van der Waals surface area contributed by atoms with Crippen molar-refractivity contribution in [2.45, 2.75) is 19.8 Å². The Balaban J connectivity index is 2.03. The van der Waals surface area contributed by atoms with Gasteiger partial charge in [0.15, 0.2) is 0 Å². The molecule has 0 aliphatic carbocycles. The summed E-state index contributed by atoms with van der Waals surface area (Å²) in [7, 11) is 0.